The lowest BCUT2D eigenvalue weighted by Crippen LogP contribution is -2.22. The molecule has 0 saturated heterocycles. The third kappa shape index (κ3) is 5.35. The SMILES string of the molecule is CCOC(=O)c1c(NC(=O)CNc2cc(Cl)c(OC)c(Cl)c2)sc(C(=O)NC)c1C. The Labute approximate surface area is 187 Å². The Balaban J connectivity index is 2.19. The Morgan fingerprint density at radius 3 is 2.33 bits per heavy atom. The number of thiophene rings is 1. The molecule has 0 fully saturated rings. The smallest absolute Gasteiger partial charge is 0.341 e. The van der Waals surface area contributed by atoms with Crippen LogP contribution in [0.2, 0.25) is 10.0 Å². The fourth-order valence-electron chi connectivity index (χ4n) is 2.59. The molecule has 30 heavy (non-hydrogen) atoms. The number of ether oxygens (including phenoxy) is 2. The van der Waals surface area contributed by atoms with Crippen LogP contribution in [0, 0.1) is 6.92 Å². The van der Waals surface area contributed by atoms with Gasteiger partial charge in [-0.25, -0.2) is 4.79 Å². The van der Waals surface area contributed by atoms with Gasteiger partial charge < -0.3 is 25.4 Å². The van der Waals surface area contributed by atoms with E-state index in [1.54, 1.807) is 26.0 Å². The zero-order chi connectivity index (χ0) is 22.4. The minimum atomic E-state index is -0.613. The zero-order valence-electron chi connectivity index (χ0n) is 16.8. The third-order valence-corrected chi connectivity index (χ3v) is 5.74. The maximum absolute atomic E-state index is 12.5. The molecule has 0 aliphatic heterocycles. The van der Waals surface area contributed by atoms with Crippen LogP contribution in [0.4, 0.5) is 10.7 Å². The minimum Gasteiger partial charge on any atom is -0.494 e. The van der Waals surface area contributed by atoms with Crippen molar-refractivity contribution in [3.8, 4) is 5.75 Å². The molecule has 0 aliphatic rings. The van der Waals surface area contributed by atoms with Gasteiger partial charge in [0.25, 0.3) is 5.91 Å². The lowest BCUT2D eigenvalue weighted by atomic mass is 10.1. The van der Waals surface area contributed by atoms with E-state index in [4.69, 9.17) is 32.7 Å². The Hall–Kier alpha value is -2.49. The number of rotatable bonds is 8. The molecule has 0 atom stereocenters. The number of hydrogen-bond acceptors (Lipinski definition) is 7. The molecule has 0 bridgehead atoms. The largest absolute Gasteiger partial charge is 0.494 e. The number of hydrogen-bond donors (Lipinski definition) is 3. The molecule has 2 aromatic rings. The molecule has 1 heterocycles. The van der Waals surface area contributed by atoms with Crippen molar-refractivity contribution in [1.82, 2.24) is 5.32 Å². The van der Waals surface area contributed by atoms with Gasteiger partial charge in [-0.15, -0.1) is 11.3 Å². The summed E-state index contributed by atoms with van der Waals surface area (Å²) in [5, 5.41) is 8.89. The average Bonchev–Trinajstić information content (AvgIpc) is 3.01. The molecule has 1 aromatic heterocycles. The molecule has 162 valence electrons. The summed E-state index contributed by atoms with van der Waals surface area (Å²) in [5.74, 6) is -1.07. The van der Waals surface area contributed by atoms with Gasteiger partial charge in [-0.2, -0.15) is 0 Å². The van der Waals surface area contributed by atoms with Crippen LogP contribution in [0.25, 0.3) is 0 Å². The summed E-state index contributed by atoms with van der Waals surface area (Å²) in [6, 6.07) is 3.14. The first-order valence-corrected chi connectivity index (χ1v) is 10.4. The van der Waals surface area contributed by atoms with Crippen molar-refractivity contribution < 1.29 is 23.9 Å². The fourth-order valence-corrected chi connectivity index (χ4v) is 4.39. The van der Waals surface area contributed by atoms with Crippen LogP contribution in [0.5, 0.6) is 5.75 Å². The molecule has 0 spiro atoms. The second-order valence-corrected chi connectivity index (χ2v) is 7.77. The highest BCUT2D eigenvalue weighted by atomic mass is 35.5. The summed E-state index contributed by atoms with van der Waals surface area (Å²) in [7, 11) is 2.93. The van der Waals surface area contributed by atoms with Crippen molar-refractivity contribution in [3.05, 3.63) is 38.2 Å². The summed E-state index contributed by atoms with van der Waals surface area (Å²) in [6.45, 7) is 3.33. The lowest BCUT2D eigenvalue weighted by Gasteiger charge is -2.11. The number of anilines is 2. The summed E-state index contributed by atoms with van der Waals surface area (Å²) < 4.78 is 10.1. The molecule has 2 amide bonds. The van der Waals surface area contributed by atoms with Crippen molar-refractivity contribution in [2.75, 3.05) is 37.9 Å². The standard InChI is InChI=1S/C19H21Cl2N3O5S/c1-5-29-19(27)14-9(2)16(17(26)22-3)30-18(14)24-13(25)8-23-10-6-11(20)15(28-4)12(21)7-10/h6-7,23H,5,8H2,1-4H3,(H,22,26)(H,24,25). The zero-order valence-corrected chi connectivity index (χ0v) is 19.1. The highest BCUT2D eigenvalue weighted by molar-refractivity contribution is 7.18. The molecule has 11 heteroatoms. The van der Waals surface area contributed by atoms with Crippen LogP contribution in [0.15, 0.2) is 12.1 Å². The second-order valence-electron chi connectivity index (χ2n) is 5.93. The van der Waals surface area contributed by atoms with E-state index in [1.807, 2.05) is 0 Å². The predicted octanol–water partition coefficient (Wildman–Crippen LogP) is 3.96. The normalized spacial score (nSPS) is 10.3. The molecule has 1 aromatic carbocycles. The topological polar surface area (TPSA) is 106 Å². The quantitative estimate of drug-likeness (QED) is 0.501. The number of carbonyl (C=O) groups is 3. The second kappa shape index (κ2) is 10.5. The molecule has 0 saturated carbocycles. The van der Waals surface area contributed by atoms with E-state index in [9.17, 15) is 14.4 Å². The van der Waals surface area contributed by atoms with Gasteiger partial charge in [0.2, 0.25) is 5.91 Å². The van der Waals surface area contributed by atoms with Crippen molar-refractivity contribution in [2.24, 2.45) is 0 Å². The maximum Gasteiger partial charge on any atom is 0.341 e. The first-order chi connectivity index (χ1) is 14.2. The fraction of sp³-hybridized carbons (Fsp3) is 0.316. The minimum absolute atomic E-state index is 0.131. The van der Waals surface area contributed by atoms with E-state index < -0.39 is 11.9 Å². The van der Waals surface area contributed by atoms with Crippen LogP contribution >= 0.6 is 34.5 Å². The molecule has 3 N–H and O–H groups in total. The van der Waals surface area contributed by atoms with E-state index in [0.29, 0.717) is 31.9 Å². The summed E-state index contributed by atoms with van der Waals surface area (Å²) >= 11 is 13.2. The summed E-state index contributed by atoms with van der Waals surface area (Å²) in [6.07, 6.45) is 0. The molecule has 0 radical (unpaired) electrons. The van der Waals surface area contributed by atoms with E-state index in [1.165, 1.54) is 14.2 Å². The Bertz CT molecular complexity index is 954. The van der Waals surface area contributed by atoms with Crippen molar-refractivity contribution in [3.63, 3.8) is 0 Å². The monoisotopic (exact) mass is 473 g/mol. The summed E-state index contributed by atoms with van der Waals surface area (Å²) in [5.41, 5.74) is 1.11. The summed E-state index contributed by atoms with van der Waals surface area (Å²) in [4.78, 5) is 37.2. The third-order valence-electron chi connectivity index (χ3n) is 3.97. The number of benzene rings is 1. The first-order valence-electron chi connectivity index (χ1n) is 8.82. The number of methoxy groups -OCH3 is 1. The molecular formula is C19H21Cl2N3O5S. The van der Waals surface area contributed by atoms with Gasteiger partial charge in [-0.3, -0.25) is 9.59 Å². The first kappa shape index (κ1) is 23.8. The predicted molar refractivity (Wildman–Crippen MR) is 119 cm³/mol. The molecule has 0 unspecified atom stereocenters. The number of nitrogens with one attached hydrogen (secondary N) is 3. The number of carbonyl (C=O) groups excluding carboxylic acids is 3. The van der Waals surface area contributed by atoms with E-state index in [2.05, 4.69) is 16.0 Å². The van der Waals surface area contributed by atoms with Crippen molar-refractivity contribution in [1.29, 1.82) is 0 Å². The molecule has 8 nitrogen and oxygen atoms in total. The van der Waals surface area contributed by atoms with Crippen molar-refractivity contribution in [2.45, 2.75) is 13.8 Å². The van der Waals surface area contributed by atoms with Gasteiger partial charge in [0.15, 0.2) is 5.75 Å². The van der Waals surface area contributed by atoms with Gasteiger partial charge in [0.1, 0.15) is 5.00 Å². The van der Waals surface area contributed by atoms with Crippen LogP contribution in [0.1, 0.15) is 32.5 Å². The van der Waals surface area contributed by atoms with Crippen LogP contribution < -0.4 is 20.7 Å². The Morgan fingerprint density at radius 2 is 1.80 bits per heavy atom. The van der Waals surface area contributed by atoms with Gasteiger partial charge in [-0.1, -0.05) is 23.2 Å². The van der Waals surface area contributed by atoms with Gasteiger partial charge >= 0.3 is 5.97 Å². The van der Waals surface area contributed by atoms with E-state index in [-0.39, 0.29) is 29.6 Å². The maximum atomic E-state index is 12.5. The molecular weight excluding hydrogens is 453 g/mol. The highest BCUT2D eigenvalue weighted by Gasteiger charge is 2.26. The Morgan fingerprint density at radius 1 is 1.17 bits per heavy atom. The van der Waals surface area contributed by atoms with Gasteiger partial charge in [0, 0.05) is 12.7 Å². The van der Waals surface area contributed by atoms with Crippen LogP contribution in [-0.4, -0.2) is 45.1 Å². The Kier molecular flexibility index (Phi) is 8.33. The number of halogens is 2. The van der Waals surface area contributed by atoms with Crippen LogP contribution in [-0.2, 0) is 9.53 Å². The average molecular weight is 474 g/mol. The van der Waals surface area contributed by atoms with Crippen molar-refractivity contribution >= 4 is 63.0 Å². The number of amides is 2. The number of esters is 1. The van der Waals surface area contributed by atoms with Crippen LogP contribution in [0.3, 0.4) is 0 Å². The molecule has 2 rings (SSSR count). The van der Waals surface area contributed by atoms with E-state index >= 15 is 0 Å². The van der Waals surface area contributed by atoms with Gasteiger partial charge in [0.05, 0.1) is 40.7 Å². The highest BCUT2D eigenvalue weighted by Crippen LogP contribution is 2.36. The molecule has 0 aliphatic carbocycles. The van der Waals surface area contributed by atoms with E-state index in [0.717, 1.165) is 11.3 Å². The van der Waals surface area contributed by atoms with Gasteiger partial charge in [-0.05, 0) is 31.5 Å². The lowest BCUT2D eigenvalue weighted by molar-refractivity contribution is -0.114.